The second-order valence-corrected chi connectivity index (χ2v) is 7.16. The van der Waals surface area contributed by atoms with Gasteiger partial charge in [-0.1, -0.05) is 24.0 Å². The quantitative estimate of drug-likeness (QED) is 0.819. The second kappa shape index (κ2) is 7.95. The Kier molecular flexibility index (Phi) is 5.96. The van der Waals surface area contributed by atoms with Crippen LogP contribution in [-0.2, 0) is 10.0 Å². The molecule has 2 aromatic carbocycles. The summed E-state index contributed by atoms with van der Waals surface area (Å²) in [4.78, 5) is 0. The fourth-order valence-corrected chi connectivity index (χ4v) is 2.64. The molecule has 2 aromatic rings. The first-order chi connectivity index (χ1) is 11.3. The lowest BCUT2D eigenvalue weighted by atomic mass is 10.1. The molecule has 0 heterocycles. The van der Waals surface area contributed by atoms with Gasteiger partial charge in [-0.15, -0.1) is 0 Å². The van der Waals surface area contributed by atoms with Gasteiger partial charge in [0.05, 0.1) is 12.8 Å². The van der Waals surface area contributed by atoms with Crippen molar-refractivity contribution in [3.63, 3.8) is 0 Å². The zero-order chi connectivity index (χ0) is 17.6. The second-order valence-electron chi connectivity index (χ2n) is 5.41. The molecule has 6 heteroatoms. The average Bonchev–Trinajstić information content (AvgIpc) is 2.51. The summed E-state index contributed by atoms with van der Waals surface area (Å²) in [5.41, 5.74) is 2.23. The molecule has 0 radical (unpaired) electrons. The number of hydrogen-bond acceptors (Lipinski definition) is 3. The van der Waals surface area contributed by atoms with E-state index in [-0.39, 0.29) is 11.9 Å². The maximum Gasteiger partial charge on any atom is 0.229 e. The third kappa shape index (κ3) is 6.03. The molecule has 0 bridgehead atoms. The van der Waals surface area contributed by atoms with Crippen LogP contribution in [0.1, 0.15) is 24.1 Å². The van der Waals surface area contributed by atoms with Gasteiger partial charge < -0.3 is 0 Å². The SMILES string of the molecule is C[C@@H](NCC#Cc1ccc(F)cc1)c1cccc(NS(C)(=O)=O)c1. The Hall–Kier alpha value is -2.36. The van der Waals surface area contributed by atoms with Crippen molar-refractivity contribution in [2.75, 3.05) is 17.5 Å². The van der Waals surface area contributed by atoms with Crippen LogP contribution in [0.2, 0.25) is 0 Å². The Morgan fingerprint density at radius 2 is 1.88 bits per heavy atom. The molecule has 0 unspecified atom stereocenters. The molecule has 0 aromatic heterocycles. The molecule has 0 saturated carbocycles. The van der Waals surface area contributed by atoms with E-state index < -0.39 is 10.0 Å². The lowest BCUT2D eigenvalue weighted by molar-refractivity contribution is 0.606. The van der Waals surface area contributed by atoms with Crippen LogP contribution < -0.4 is 10.0 Å². The number of benzene rings is 2. The summed E-state index contributed by atoms with van der Waals surface area (Å²) >= 11 is 0. The van der Waals surface area contributed by atoms with Gasteiger partial charge in [0.1, 0.15) is 5.82 Å². The van der Waals surface area contributed by atoms with Crippen LogP contribution in [0.25, 0.3) is 0 Å². The third-order valence-electron chi connectivity index (χ3n) is 3.26. The predicted octanol–water partition coefficient (Wildman–Crippen LogP) is 2.90. The van der Waals surface area contributed by atoms with Crippen molar-refractivity contribution < 1.29 is 12.8 Å². The van der Waals surface area contributed by atoms with E-state index in [9.17, 15) is 12.8 Å². The molecule has 1 atom stereocenters. The van der Waals surface area contributed by atoms with Gasteiger partial charge in [-0.2, -0.15) is 0 Å². The molecule has 126 valence electrons. The Balaban J connectivity index is 1.94. The number of anilines is 1. The van der Waals surface area contributed by atoms with Crippen molar-refractivity contribution in [1.82, 2.24) is 5.32 Å². The average molecular weight is 346 g/mol. The predicted molar refractivity (Wildman–Crippen MR) is 94.6 cm³/mol. The molecule has 0 aliphatic carbocycles. The van der Waals surface area contributed by atoms with Gasteiger partial charge in [0.2, 0.25) is 10.0 Å². The number of hydrogen-bond donors (Lipinski definition) is 2. The van der Waals surface area contributed by atoms with Gasteiger partial charge in [0.25, 0.3) is 0 Å². The Morgan fingerprint density at radius 1 is 1.17 bits per heavy atom. The highest BCUT2D eigenvalue weighted by Gasteiger charge is 2.07. The summed E-state index contributed by atoms with van der Waals surface area (Å²) in [6.45, 7) is 2.43. The normalized spacial score (nSPS) is 12.1. The molecule has 24 heavy (non-hydrogen) atoms. The Labute approximate surface area is 142 Å². The highest BCUT2D eigenvalue weighted by Crippen LogP contribution is 2.17. The molecule has 0 fully saturated rings. The summed E-state index contributed by atoms with van der Waals surface area (Å²) in [6.07, 6.45) is 1.12. The molecule has 0 amide bonds. The maximum absolute atomic E-state index is 12.8. The maximum atomic E-state index is 12.8. The van der Waals surface area contributed by atoms with Crippen molar-refractivity contribution in [2.45, 2.75) is 13.0 Å². The van der Waals surface area contributed by atoms with Crippen LogP contribution in [0, 0.1) is 17.7 Å². The molecule has 0 aliphatic heterocycles. The number of nitrogens with one attached hydrogen (secondary N) is 2. The van der Waals surface area contributed by atoms with Gasteiger partial charge >= 0.3 is 0 Å². The first-order valence-electron chi connectivity index (χ1n) is 7.39. The summed E-state index contributed by atoms with van der Waals surface area (Å²) in [7, 11) is -3.29. The standard InChI is InChI=1S/C18H19FN2O2S/c1-14(16-6-3-7-18(13-16)21-24(2,22)23)20-12-4-5-15-8-10-17(19)11-9-15/h3,6-11,13-14,20-21H,12H2,1-2H3/t14-/m1/s1. The van der Waals surface area contributed by atoms with E-state index in [1.807, 2.05) is 13.0 Å². The lowest BCUT2D eigenvalue weighted by Crippen LogP contribution is -2.19. The van der Waals surface area contributed by atoms with Gasteiger partial charge in [-0.05, 0) is 48.9 Å². The van der Waals surface area contributed by atoms with Crippen LogP contribution in [-0.4, -0.2) is 21.2 Å². The minimum atomic E-state index is -3.29. The van der Waals surface area contributed by atoms with Gasteiger partial charge in [0, 0.05) is 17.3 Å². The van der Waals surface area contributed by atoms with Crippen molar-refractivity contribution >= 4 is 15.7 Å². The first-order valence-corrected chi connectivity index (χ1v) is 9.28. The summed E-state index contributed by atoms with van der Waals surface area (Å²) in [6, 6.07) is 13.2. The minimum Gasteiger partial charge on any atom is -0.300 e. The molecule has 0 spiro atoms. The fourth-order valence-electron chi connectivity index (χ4n) is 2.09. The van der Waals surface area contributed by atoms with E-state index in [2.05, 4.69) is 21.9 Å². The van der Waals surface area contributed by atoms with Crippen molar-refractivity contribution in [3.05, 3.63) is 65.5 Å². The van der Waals surface area contributed by atoms with Crippen LogP contribution in [0.4, 0.5) is 10.1 Å². The summed E-state index contributed by atoms with van der Waals surface area (Å²) in [5, 5.41) is 3.25. The minimum absolute atomic E-state index is 0.00817. The first kappa shape index (κ1) is 18.0. The largest absolute Gasteiger partial charge is 0.300 e. The van der Waals surface area contributed by atoms with Crippen LogP contribution in [0.5, 0.6) is 0 Å². The van der Waals surface area contributed by atoms with Crippen molar-refractivity contribution in [2.24, 2.45) is 0 Å². The topological polar surface area (TPSA) is 58.2 Å². The van der Waals surface area contributed by atoms with Crippen LogP contribution >= 0.6 is 0 Å². The van der Waals surface area contributed by atoms with Gasteiger partial charge in [-0.3, -0.25) is 10.0 Å². The van der Waals surface area contributed by atoms with E-state index in [0.29, 0.717) is 12.2 Å². The smallest absolute Gasteiger partial charge is 0.229 e. The van der Waals surface area contributed by atoms with Gasteiger partial charge in [-0.25, -0.2) is 12.8 Å². The Bertz CT molecular complexity index is 853. The van der Waals surface area contributed by atoms with E-state index in [0.717, 1.165) is 17.4 Å². The molecular formula is C18H19FN2O2S. The zero-order valence-electron chi connectivity index (χ0n) is 13.5. The van der Waals surface area contributed by atoms with Crippen molar-refractivity contribution in [1.29, 1.82) is 0 Å². The fraction of sp³-hybridized carbons (Fsp3) is 0.222. The highest BCUT2D eigenvalue weighted by atomic mass is 32.2. The van der Waals surface area contributed by atoms with E-state index in [4.69, 9.17) is 0 Å². The van der Waals surface area contributed by atoms with E-state index in [1.165, 1.54) is 12.1 Å². The molecule has 2 N–H and O–H groups in total. The number of halogens is 1. The third-order valence-corrected chi connectivity index (χ3v) is 3.87. The lowest BCUT2D eigenvalue weighted by Gasteiger charge is -2.13. The monoisotopic (exact) mass is 346 g/mol. The summed E-state index contributed by atoms with van der Waals surface area (Å²) < 4.78 is 37.8. The zero-order valence-corrected chi connectivity index (χ0v) is 14.3. The molecular weight excluding hydrogens is 327 g/mol. The highest BCUT2D eigenvalue weighted by molar-refractivity contribution is 7.92. The van der Waals surface area contributed by atoms with Crippen molar-refractivity contribution in [3.8, 4) is 11.8 Å². The number of sulfonamides is 1. The van der Waals surface area contributed by atoms with Gasteiger partial charge in [0.15, 0.2) is 0 Å². The molecule has 0 aliphatic rings. The Morgan fingerprint density at radius 3 is 2.54 bits per heavy atom. The number of rotatable bonds is 5. The molecule has 4 nitrogen and oxygen atoms in total. The van der Waals surface area contributed by atoms with E-state index in [1.54, 1.807) is 30.3 Å². The van der Waals surface area contributed by atoms with Crippen LogP contribution in [0.3, 0.4) is 0 Å². The molecule has 2 rings (SSSR count). The summed E-state index contributed by atoms with van der Waals surface area (Å²) in [5.74, 6) is 5.65. The molecule has 0 saturated heterocycles. The van der Waals surface area contributed by atoms with E-state index >= 15 is 0 Å². The van der Waals surface area contributed by atoms with Crippen LogP contribution in [0.15, 0.2) is 48.5 Å².